The molecule has 6 heteroatoms. The van der Waals surface area contributed by atoms with E-state index in [1.54, 1.807) is 0 Å². The average Bonchev–Trinajstić information content (AvgIpc) is 2.47. The van der Waals surface area contributed by atoms with Crippen LogP contribution in [0.15, 0.2) is 47.3 Å². The molecule has 0 saturated heterocycles. The smallest absolute Gasteiger partial charge is 0.253 e. The number of carbonyl (C=O) groups excluding carboxylic acids is 1. The highest BCUT2D eigenvalue weighted by Crippen LogP contribution is 2.32. The van der Waals surface area contributed by atoms with Crippen LogP contribution < -0.4 is 16.4 Å². The quantitative estimate of drug-likeness (QED) is 0.690. The topological polar surface area (TPSA) is 67.2 Å². The molecule has 1 aliphatic heterocycles. The highest BCUT2D eigenvalue weighted by atomic mass is 35.5. The first-order valence-corrected chi connectivity index (χ1v) is 5.62. The van der Waals surface area contributed by atoms with Gasteiger partial charge in [0.25, 0.3) is 5.91 Å². The van der Waals surface area contributed by atoms with E-state index in [1.807, 2.05) is 30.3 Å². The molecular weight excluding hydrogens is 285 g/mol. The van der Waals surface area contributed by atoms with Gasteiger partial charge in [0.15, 0.2) is 0 Å². The van der Waals surface area contributed by atoms with E-state index in [0.717, 1.165) is 35.5 Å². The van der Waals surface area contributed by atoms with Crippen molar-refractivity contribution in [1.82, 2.24) is 0 Å². The molecule has 1 amide bonds. The number of allylic oxidation sites excluding steroid dienone is 1. The molecule has 0 bridgehead atoms. The van der Waals surface area contributed by atoms with Gasteiger partial charge in [-0.15, -0.1) is 24.8 Å². The number of halogens is 2. The Morgan fingerprint density at radius 3 is 2.37 bits per heavy atom. The third kappa shape index (κ3) is 2.69. The molecule has 3 rings (SSSR count). The number of benzene rings is 1. The normalized spacial score (nSPS) is 16.4. The molecule has 0 spiro atoms. The summed E-state index contributed by atoms with van der Waals surface area (Å²) in [7, 11) is 0. The Balaban J connectivity index is 0.000000902. The van der Waals surface area contributed by atoms with E-state index >= 15 is 0 Å². The molecule has 0 aromatic heterocycles. The van der Waals surface area contributed by atoms with E-state index in [-0.39, 0.29) is 30.7 Å². The molecule has 0 fully saturated rings. The molecule has 0 atom stereocenters. The van der Waals surface area contributed by atoms with Crippen LogP contribution in [0.1, 0.15) is 12.8 Å². The number of anilines is 2. The highest BCUT2D eigenvalue weighted by molar-refractivity contribution is 6.08. The van der Waals surface area contributed by atoms with Crippen molar-refractivity contribution in [2.24, 2.45) is 5.73 Å². The van der Waals surface area contributed by atoms with Gasteiger partial charge >= 0.3 is 0 Å². The van der Waals surface area contributed by atoms with Crippen LogP contribution in [0.2, 0.25) is 0 Å². The lowest BCUT2D eigenvalue weighted by Crippen LogP contribution is -2.20. The van der Waals surface area contributed by atoms with Crippen molar-refractivity contribution < 1.29 is 4.79 Å². The van der Waals surface area contributed by atoms with Crippen molar-refractivity contribution in [2.75, 3.05) is 10.6 Å². The zero-order valence-electron chi connectivity index (χ0n) is 10.1. The van der Waals surface area contributed by atoms with Crippen molar-refractivity contribution in [3.05, 3.63) is 47.3 Å². The summed E-state index contributed by atoms with van der Waals surface area (Å²) in [5.41, 5.74) is 9.75. The summed E-state index contributed by atoms with van der Waals surface area (Å²) in [6.07, 6.45) is 3.49. The molecule has 1 aromatic rings. The summed E-state index contributed by atoms with van der Waals surface area (Å²) in [6, 6.07) is 7.61. The van der Waals surface area contributed by atoms with Gasteiger partial charge in [0, 0.05) is 5.57 Å². The Hall–Kier alpha value is -1.65. The number of fused-ring (bicyclic) bond motifs is 1. The molecule has 4 nitrogen and oxygen atoms in total. The first-order chi connectivity index (χ1) is 8.25. The minimum atomic E-state index is -0.0616. The lowest BCUT2D eigenvalue weighted by atomic mass is 9.99. The largest absolute Gasteiger partial charge is 0.397 e. The molecule has 102 valence electrons. The fourth-order valence-electron chi connectivity index (χ4n) is 2.18. The maximum atomic E-state index is 12.1. The molecule has 0 saturated carbocycles. The Morgan fingerprint density at radius 2 is 1.68 bits per heavy atom. The van der Waals surface area contributed by atoms with E-state index in [2.05, 4.69) is 10.6 Å². The zero-order valence-corrected chi connectivity index (χ0v) is 11.7. The van der Waals surface area contributed by atoms with Crippen molar-refractivity contribution in [3.63, 3.8) is 0 Å². The van der Waals surface area contributed by atoms with Crippen LogP contribution >= 0.6 is 24.8 Å². The number of nitrogens with two attached hydrogens (primary N) is 1. The summed E-state index contributed by atoms with van der Waals surface area (Å²) < 4.78 is 0. The lowest BCUT2D eigenvalue weighted by molar-refractivity contribution is -0.113. The van der Waals surface area contributed by atoms with Gasteiger partial charge in [-0.1, -0.05) is 18.2 Å². The number of carbonyl (C=O) groups is 1. The summed E-state index contributed by atoms with van der Waals surface area (Å²) in [5.74, 6) is -0.0616. The van der Waals surface area contributed by atoms with E-state index in [0.29, 0.717) is 5.70 Å². The maximum Gasteiger partial charge on any atom is 0.253 e. The minimum absolute atomic E-state index is 0. The lowest BCUT2D eigenvalue weighted by Gasteiger charge is -2.17. The molecular formula is C13H15Cl2N3O. The maximum absolute atomic E-state index is 12.1. The first-order valence-electron chi connectivity index (χ1n) is 5.62. The number of hydrogen-bond acceptors (Lipinski definition) is 3. The molecule has 0 unspecified atom stereocenters. The summed E-state index contributed by atoms with van der Waals surface area (Å²) in [4.78, 5) is 12.1. The van der Waals surface area contributed by atoms with Crippen molar-refractivity contribution in [3.8, 4) is 0 Å². The van der Waals surface area contributed by atoms with Crippen LogP contribution in [0, 0.1) is 0 Å². The van der Waals surface area contributed by atoms with Crippen LogP contribution in [-0.2, 0) is 4.79 Å². The molecule has 0 radical (unpaired) electrons. The Labute approximate surface area is 124 Å². The monoisotopic (exact) mass is 299 g/mol. The number of hydrogen-bond donors (Lipinski definition) is 3. The fraction of sp³-hybridized carbons (Fsp3) is 0.154. The van der Waals surface area contributed by atoms with Gasteiger partial charge in [-0.3, -0.25) is 4.79 Å². The summed E-state index contributed by atoms with van der Waals surface area (Å²) in [6.45, 7) is 0. The Morgan fingerprint density at radius 1 is 1.05 bits per heavy atom. The predicted molar refractivity (Wildman–Crippen MR) is 81.7 cm³/mol. The molecule has 19 heavy (non-hydrogen) atoms. The number of nitrogens with one attached hydrogen (secondary N) is 2. The Kier molecular flexibility index (Phi) is 4.86. The van der Waals surface area contributed by atoms with Gasteiger partial charge in [0.05, 0.1) is 22.8 Å². The fourth-order valence-corrected chi connectivity index (χ4v) is 2.18. The van der Waals surface area contributed by atoms with Crippen LogP contribution in [0.4, 0.5) is 11.4 Å². The van der Waals surface area contributed by atoms with Gasteiger partial charge in [-0.2, -0.15) is 0 Å². The summed E-state index contributed by atoms with van der Waals surface area (Å²) >= 11 is 0. The highest BCUT2D eigenvalue weighted by Gasteiger charge is 2.24. The van der Waals surface area contributed by atoms with Crippen LogP contribution in [0.3, 0.4) is 0 Å². The van der Waals surface area contributed by atoms with Crippen molar-refractivity contribution in [2.45, 2.75) is 12.8 Å². The van der Waals surface area contributed by atoms with E-state index in [1.165, 1.54) is 0 Å². The second-order valence-corrected chi connectivity index (χ2v) is 4.18. The van der Waals surface area contributed by atoms with Crippen molar-refractivity contribution in [1.29, 1.82) is 0 Å². The number of rotatable bonds is 0. The zero-order chi connectivity index (χ0) is 11.8. The first kappa shape index (κ1) is 15.4. The molecule has 1 aliphatic carbocycles. The minimum Gasteiger partial charge on any atom is -0.397 e. The average molecular weight is 300 g/mol. The van der Waals surface area contributed by atoms with Crippen LogP contribution in [-0.4, -0.2) is 5.91 Å². The van der Waals surface area contributed by atoms with Gasteiger partial charge < -0.3 is 16.4 Å². The van der Waals surface area contributed by atoms with E-state index < -0.39 is 0 Å². The van der Waals surface area contributed by atoms with Gasteiger partial charge in [0.2, 0.25) is 0 Å². The third-order valence-corrected chi connectivity index (χ3v) is 3.06. The van der Waals surface area contributed by atoms with Gasteiger partial charge in [-0.05, 0) is 25.0 Å². The molecule has 4 N–H and O–H groups in total. The number of amides is 1. The summed E-state index contributed by atoms with van der Waals surface area (Å²) in [5, 5.41) is 6.14. The molecule has 1 heterocycles. The second kappa shape index (κ2) is 5.99. The Bertz CT molecular complexity index is 567. The molecule has 1 aromatic carbocycles. The van der Waals surface area contributed by atoms with Crippen LogP contribution in [0.25, 0.3) is 0 Å². The molecule has 2 aliphatic rings. The van der Waals surface area contributed by atoms with Crippen LogP contribution in [0.5, 0.6) is 0 Å². The van der Waals surface area contributed by atoms with Gasteiger partial charge in [0.1, 0.15) is 0 Å². The SMILES string of the molecule is Cl.Cl.NC1=CCCC2=C1Nc1ccccc1NC2=O. The van der Waals surface area contributed by atoms with E-state index in [9.17, 15) is 4.79 Å². The predicted octanol–water partition coefficient (Wildman–Crippen LogP) is 2.78. The number of para-hydroxylation sites is 2. The van der Waals surface area contributed by atoms with E-state index in [4.69, 9.17) is 5.73 Å². The van der Waals surface area contributed by atoms with Crippen molar-refractivity contribution >= 4 is 42.1 Å². The standard InChI is InChI=1S/C13H13N3O.2ClH/c14-9-5-3-4-8-12(9)15-10-6-1-2-7-11(10)16-13(8)17;;/h1-2,5-7,15H,3-4,14H2,(H,16,17);2*1H. The third-order valence-electron chi connectivity index (χ3n) is 3.06. The van der Waals surface area contributed by atoms with Gasteiger partial charge in [-0.25, -0.2) is 0 Å². The second-order valence-electron chi connectivity index (χ2n) is 4.18.